The zero-order chi connectivity index (χ0) is 17.7. The average molecular weight is 367 g/mol. The second-order valence-electron chi connectivity index (χ2n) is 5.71. The lowest BCUT2D eigenvalue weighted by Crippen LogP contribution is -2.38. The summed E-state index contributed by atoms with van der Waals surface area (Å²) in [6.45, 7) is 6.06. The number of benzene rings is 1. The minimum atomic E-state index is -3.52. The Labute approximate surface area is 147 Å². The lowest BCUT2D eigenvalue weighted by atomic mass is 10.0. The Balaban J connectivity index is 2.12. The summed E-state index contributed by atoms with van der Waals surface area (Å²) in [5.74, 6) is 0.157. The van der Waals surface area contributed by atoms with E-state index in [2.05, 4.69) is 18.6 Å². The van der Waals surface area contributed by atoms with Crippen LogP contribution in [0.3, 0.4) is 0 Å². The first-order valence-corrected chi connectivity index (χ1v) is 10.1. The lowest BCUT2D eigenvalue weighted by Gasteiger charge is -2.25. The first kappa shape index (κ1) is 18.6. The fraction of sp³-hybridized carbons (Fsp3) is 0.353. The van der Waals surface area contributed by atoms with Gasteiger partial charge in [0.1, 0.15) is 4.21 Å². The van der Waals surface area contributed by atoms with Gasteiger partial charge < -0.3 is 4.90 Å². The normalized spacial score (nSPS) is 11.7. The summed E-state index contributed by atoms with van der Waals surface area (Å²) in [6.07, 6.45) is 0. The number of para-hydroxylation sites is 1. The Kier molecular flexibility index (Phi) is 6.15. The second-order valence-corrected chi connectivity index (χ2v) is 8.66. The maximum atomic E-state index is 12.2. The van der Waals surface area contributed by atoms with E-state index in [0.29, 0.717) is 0 Å². The summed E-state index contributed by atoms with van der Waals surface area (Å²) in [5.41, 5.74) is 1.89. The quantitative estimate of drug-likeness (QED) is 0.818. The molecule has 0 fully saturated rings. The molecule has 2 aromatic rings. The van der Waals surface area contributed by atoms with Gasteiger partial charge in [0.25, 0.3) is 0 Å². The van der Waals surface area contributed by atoms with E-state index in [9.17, 15) is 13.2 Å². The van der Waals surface area contributed by atoms with E-state index in [0.717, 1.165) is 11.3 Å². The zero-order valence-corrected chi connectivity index (χ0v) is 15.7. The molecule has 2 rings (SSSR count). The van der Waals surface area contributed by atoms with E-state index in [-0.39, 0.29) is 29.1 Å². The molecule has 1 heterocycles. The number of amides is 1. The number of carbonyl (C=O) groups is 1. The Morgan fingerprint density at radius 3 is 2.50 bits per heavy atom. The van der Waals surface area contributed by atoms with Crippen molar-refractivity contribution in [3.63, 3.8) is 0 Å². The standard InChI is InChI=1S/C17H22N2O3S2/c1-13(2)15-7-4-5-8-16(15)19(14(3)20)11-10-18-24(21,22)17-9-6-12-23-17/h4-9,12-13,18H,10-11H2,1-3H3. The molecule has 0 aliphatic rings. The average Bonchev–Trinajstić information content (AvgIpc) is 3.06. The van der Waals surface area contributed by atoms with E-state index in [4.69, 9.17) is 0 Å². The number of thiophene rings is 1. The maximum absolute atomic E-state index is 12.2. The van der Waals surface area contributed by atoms with Crippen molar-refractivity contribution in [2.45, 2.75) is 30.9 Å². The van der Waals surface area contributed by atoms with Crippen molar-refractivity contribution in [1.29, 1.82) is 0 Å². The molecule has 0 radical (unpaired) electrons. The molecule has 0 unspecified atom stereocenters. The highest BCUT2D eigenvalue weighted by molar-refractivity contribution is 7.91. The molecule has 1 amide bonds. The van der Waals surface area contributed by atoms with E-state index in [1.807, 2.05) is 24.3 Å². The van der Waals surface area contributed by atoms with Gasteiger partial charge in [-0.15, -0.1) is 11.3 Å². The molecule has 1 N–H and O–H groups in total. The first-order chi connectivity index (χ1) is 11.3. The van der Waals surface area contributed by atoms with Crippen LogP contribution in [0.25, 0.3) is 0 Å². The number of hydrogen-bond donors (Lipinski definition) is 1. The summed E-state index contributed by atoms with van der Waals surface area (Å²) in [7, 11) is -3.52. The van der Waals surface area contributed by atoms with Crippen molar-refractivity contribution in [3.05, 3.63) is 47.3 Å². The summed E-state index contributed by atoms with van der Waals surface area (Å²) in [4.78, 5) is 13.7. The molecular formula is C17H22N2O3S2. The van der Waals surface area contributed by atoms with Crippen LogP contribution in [0.2, 0.25) is 0 Å². The number of carbonyl (C=O) groups excluding carboxylic acids is 1. The third-order valence-electron chi connectivity index (χ3n) is 3.62. The molecule has 24 heavy (non-hydrogen) atoms. The molecule has 0 bridgehead atoms. The highest BCUT2D eigenvalue weighted by Crippen LogP contribution is 2.27. The predicted octanol–water partition coefficient (Wildman–Crippen LogP) is 3.20. The molecule has 0 saturated heterocycles. The minimum Gasteiger partial charge on any atom is -0.311 e. The molecule has 0 aliphatic heterocycles. The van der Waals surface area contributed by atoms with Crippen LogP contribution in [0.15, 0.2) is 46.0 Å². The van der Waals surface area contributed by atoms with Crippen molar-refractivity contribution in [2.75, 3.05) is 18.0 Å². The monoisotopic (exact) mass is 366 g/mol. The number of anilines is 1. The molecule has 0 aliphatic carbocycles. The van der Waals surface area contributed by atoms with Crippen LogP contribution < -0.4 is 9.62 Å². The Hall–Kier alpha value is -1.70. The Morgan fingerprint density at radius 1 is 1.21 bits per heavy atom. The Bertz CT molecular complexity index is 784. The zero-order valence-electron chi connectivity index (χ0n) is 14.0. The number of nitrogens with one attached hydrogen (secondary N) is 1. The van der Waals surface area contributed by atoms with Gasteiger partial charge in [0.2, 0.25) is 15.9 Å². The van der Waals surface area contributed by atoms with E-state index in [1.165, 1.54) is 18.3 Å². The number of sulfonamides is 1. The summed E-state index contributed by atoms with van der Waals surface area (Å²) >= 11 is 1.17. The van der Waals surface area contributed by atoms with Gasteiger partial charge in [-0.05, 0) is 29.0 Å². The van der Waals surface area contributed by atoms with Gasteiger partial charge in [-0.1, -0.05) is 38.1 Å². The smallest absolute Gasteiger partial charge is 0.250 e. The molecule has 0 saturated carbocycles. The van der Waals surface area contributed by atoms with Gasteiger partial charge in [-0.25, -0.2) is 13.1 Å². The topological polar surface area (TPSA) is 66.5 Å². The summed E-state index contributed by atoms with van der Waals surface area (Å²) < 4.78 is 27.1. The van der Waals surface area contributed by atoms with Gasteiger partial charge in [0.15, 0.2) is 0 Å². The molecule has 130 valence electrons. The fourth-order valence-electron chi connectivity index (χ4n) is 2.45. The molecule has 0 spiro atoms. The largest absolute Gasteiger partial charge is 0.311 e. The van der Waals surface area contributed by atoms with E-state index in [1.54, 1.807) is 22.4 Å². The fourth-order valence-corrected chi connectivity index (χ4v) is 4.51. The van der Waals surface area contributed by atoms with Crippen LogP contribution in [0.5, 0.6) is 0 Å². The van der Waals surface area contributed by atoms with Crippen LogP contribution in [-0.2, 0) is 14.8 Å². The minimum absolute atomic E-state index is 0.113. The highest BCUT2D eigenvalue weighted by atomic mass is 32.2. The van der Waals surface area contributed by atoms with Crippen molar-refractivity contribution in [3.8, 4) is 0 Å². The van der Waals surface area contributed by atoms with Crippen LogP contribution in [0.1, 0.15) is 32.3 Å². The van der Waals surface area contributed by atoms with Gasteiger partial charge in [-0.3, -0.25) is 4.79 Å². The summed E-state index contributed by atoms with van der Waals surface area (Å²) in [5, 5.41) is 1.72. The highest BCUT2D eigenvalue weighted by Gasteiger charge is 2.19. The summed E-state index contributed by atoms with van der Waals surface area (Å²) in [6, 6.07) is 11.0. The molecule has 5 nitrogen and oxygen atoms in total. The van der Waals surface area contributed by atoms with Crippen molar-refractivity contribution in [2.24, 2.45) is 0 Å². The molecule has 1 aromatic carbocycles. The van der Waals surface area contributed by atoms with Crippen LogP contribution in [0.4, 0.5) is 5.69 Å². The van der Waals surface area contributed by atoms with Crippen molar-refractivity contribution < 1.29 is 13.2 Å². The van der Waals surface area contributed by atoms with Gasteiger partial charge in [-0.2, -0.15) is 0 Å². The number of hydrogen-bond acceptors (Lipinski definition) is 4. The molecule has 7 heteroatoms. The van der Waals surface area contributed by atoms with Crippen LogP contribution >= 0.6 is 11.3 Å². The van der Waals surface area contributed by atoms with Crippen LogP contribution in [0, 0.1) is 0 Å². The second kappa shape index (κ2) is 7.92. The Morgan fingerprint density at radius 2 is 1.92 bits per heavy atom. The third-order valence-corrected chi connectivity index (χ3v) is 6.48. The SMILES string of the molecule is CC(=O)N(CCNS(=O)(=O)c1cccs1)c1ccccc1C(C)C. The van der Waals surface area contributed by atoms with Gasteiger partial charge in [0, 0.05) is 25.7 Å². The van der Waals surface area contributed by atoms with Crippen molar-refractivity contribution in [1.82, 2.24) is 4.72 Å². The lowest BCUT2D eigenvalue weighted by molar-refractivity contribution is -0.116. The third kappa shape index (κ3) is 4.43. The first-order valence-electron chi connectivity index (χ1n) is 7.73. The van der Waals surface area contributed by atoms with Gasteiger partial charge in [0.05, 0.1) is 0 Å². The number of nitrogens with zero attached hydrogens (tertiary/aromatic N) is 1. The molecular weight excluding hydrogens is 344 g/mol. The van der Waals surface area contributed by atoms with E-state index >= 15 is 0 Å². The molecule has 0 atom stereocenters. The van der Waals surface area contributed by atoms with Gasteiger partial charge >= 0.3 is 0 Å². The molecule has 1 aromatic heterocycles. The van der Waals surface area contributed by atoms with E-state index < -0.39 is 10.0 Å². The maximum Gasteiger partial charge on any atom is 0.250 e. The van der Waals surface area contributed by atoms with Crippen LogP contribution in [-0.4, -0.2) is 27.4 Å². The van der Waals surface area contributed by atoms with Crippen molar-refractivity contribution >= 4 is 33.0 Å². The number of rotatable bonds is 7. The predicted molar refractivity (Wildman–Crippen MR) is 98.1 cm³/mol.